The van der Waals surface area contributed by atoms with Crippen LogP contribution in [-0.2, 0) is 22.6 Å². The van der Waals surface area contributed by atoms with Gasteiger partial charge in [-0.05, 0) is 97.4 Å². The number of hydrogen-bond donors (Lipinski definition) is 2. The molecule has 0 unspecified atom stereocenters. The monoisotopic (exact) mass is 645 g/mol. The van der Waals surface area contributed by atoms with E-state index in [1.165, 1.54) is 38.8 Å². The maximum Gasteiger partial charge on any atom is 0.251 e. The van der Waals surface area contributed by atoms with Crippen LogP contribution in [0, 0.1) is 0 Å². The van der Waals surface area contributed by atoms with Crippen LogP contribution in [0.25, 0.3) is 11.1 Å². The Morgan fingerprint density at radius 3 is 2.31 bits per heavy atom. The molecule has 3 heterocycles. The van der Waals surface area contributed by atoms with Gasteiger partial charge in [0, 0.05) is 43.2 Å². The van der Waals surface area contributed by atoms with Crippen LogP contribution in [0.1, 0.15) is 77.1 Å². The van der Waals surface area contributed by atoms with E-state index in [9.17, 15) is 9.90 Å². The molecule has 3 saturated heterocycles. The van der Waals surface area contributed by atoms with Gasteiger partial charge in [-0.3, -0.25) is 9.69 Å². The molecule has 7 rings (SSSR count). The summed E-state index contributed by atoms with van der Waals surface area (Å²) in [6, 6.07) is 34.8. The molecule has 0 aliphatic carbocycles. The predicted molar refractivity (Wildman–Crippen MR) is 188 cm³/mol. The summed E-state index contributed by atoms with van der Waals surface area (Å²) >= 11 is 0. The first-order valence-electron chi connectivity index (χ1n) is 17.6. The molecule has 2 N–H and O–H groups in total. The molecule has 250 valence electrons. The zero-order valence-electron chi connectivity index (χ0n) is 27.7. The number of aliphatic hydroxyl groups excluding tert-OH is 1. The molecule has 1 amide bonds. The zero-order valence-corrected chi connectivity index (χ0v) is 27.7. The summed E-state index contributed by atoms with van der Waals surface area (Å²) in [5.41, 5.74) is 6.85. The number of amides is 1. The number of aliphatic hydroxyl groups is 1. The average Bonchev–Trinajstić information content (AvgIpc) is 3.83. The third-order valence-electron chi connectivity index (χ3n) is 10.1. The Morgan fingerprint density at radius 2 is 1.52 bits per heavy atom. The molecule has 0 spiro atoms. The van der Waals surface area contributed by atoms with Crippen molar-refractivity contribution in [1.29, 1.82) is 0 Å². The van der Waals surface area contributed by atoms with E-state index in [0.29, 0.717) is 18.2 Å². The predicted octanol–water partition coefficient (Wildman–Crippen LogP) is 6.88. The lowest BCUT2D eigenvalue weighted by Crippen LogP contribution is -2.45. The number of hydrogen-bond acceptors (Lipinski definition) is 6. The molecule has 48 heavy (non-hydrogen) atoms. The van der Waals surface area contributed by atoms with Crippen molar-refractivity contribution in [2.45, 2.75) is 69.8 Å². The van der Waals surface area contributed by atoms with Gasteiger partial charge in [-0.2, -0.15) is 0 Å². The van der Waals surface area contributed by atoms with Crippen molar-refractivity contribution in [1.82, 2.24) is 15.1 Å². The zero-order chi connectivity index (χ0) is 32.7. The topological polar surface area (TPSA) is 74.3 Å². The fourth-order valence-corrected chi connectivity index (χ4v) is 7.50. The summed E-state index contributed by atoms with van der Waals surface area (Å²) in [4.78, 5) is 17.9. The molecule has 3 aliphatic heterocycles. The summed E-state index contributed by atoms with van der Waals surface area (Å²) < 4.78 is 13.5. The van der Waals surface area contributed by atoms with E-state index in [1.54, 1.807) is 0 Å². The molecule has 7 nitrogen and oxygen atoms in total. The lowest BCUT2D eigenvalue weighted by molar-refractivity contribution is -0.253. The summed E-state index contributed by atoms with van der Waals surface area (Å²) in [6.45, 7) is 6.12. The summed E-state index contributed by atoms with van der Waals surface area (Å²) in [7, 11) is 0. The molecule has 0 saturated carbocycles. The van der Waals surface area contributed by atoms with Crippen LogP contribution in [0.3, 0.4) is 0 Å². The highest BCUT2D eigenvalue weighted by molar-refractivity contribution is 5.94. The van der Waals surface area contributed by atoms with Gasteiger partial charge in [-0.15, -0.1) is 0 Å². The number of carbonyl (C=O) groups excluding carboxylic acids is 1. The standard InChI is InChI=1S/C41H47N3O4/c45-29-30-16-18-32(19-17-30)39-25-38(28-44-22-8-15-37(44)27-43-20-4-5-21-43)47-41(48-39)36-14-7-13-35(24-36)34-12-6-9-31(23-34)26-42-40(46)33-10-2-1-3-11-33/h1-3,6-7,9-14,16-19,23-24,37-39,41,45H,4-5,8,15,20-22,25-29H2,(H,42,46)/t37-,38+,39-,41-/m0/s1. The second kappa shape index (κ2) is 15.6. The minimum Gasteiger partial charge on any atom is -0.392 e. The second-order valence-electron chi connectivity index (χ2n) is 13.5. The van der Waals surface area contributed by atoms with Crippen molar-refractivity contribution >= 4 is 5.91 Å². The molecule has 4 aromatic carbocycles. The van der Waals surface area contributed by atoms with Gasteiger partial charge in [-0.1, -0.05) is 78.9 Å². The van der Waals surface area contributed by atoms with E-state index >= 15 is 0 Å². The van der Waals surface area contributed by atoms with Crippen molar-refractivity contribution < 1.29 is 19.4 Å². The van der Waals surface area contributed by atoms with Gasteiger partial charge in [0.1, 0.15) is 0 Å². The van der Waals surface area contributed by atoms with Gasteiger partial charge in [0.2, 0.25) is 0 Å². The van der Waals surface area contributed by atoms with Crippen LogP contribution in [0.15, 0.2) is 103 Å². The largest absolute Gasteiger partial charge is 0.392 e. The summed E-state index contributed by atoms with van der Waals surface area (Å²) in [5.74, 6) is -0.0824. The quantitative estimate of drug-likeness (QED) is 0.185. The van der Waals surface area contributed by atoms with Gasteiger partial charge < -0.3 is 24.8 Å². The Labute approximate surface area is 284 Å². The number of likely N-dealkylation sites (tertiary alicyclic amines) is 2. The van der Waals surface area contributed by atoms with Gasteiger partial charge in [-0.25, -0.2) is 0 Å². The smallest absolute Gasteiger partial charge is 0.251 e. The minimum absolute atomic E-state index is 0.0287. The van der Waals surface area contributed by atoms with Crippen molar-refractivity contribution in [3.8, 4) is 11.1 Å². The summed E-state index contributed by atoms with van der Waals surface area (Å²) in [6.07, 6.45) is 5.36. The van der Waals surface area contributed by atoms with Crippen LogP contribution in [-0.4, -0.2) is 65.7 Å². The SMILES string of the molecule is O=C(NCc1cccc(-c2cccc([C@H]3O[C@@H](CN4CCC[C@H]4CN4CCCC4)C[C@@H](c4ccc(CO)cc4)O3)c2)c1)c1ccccc1. The highest BCUT2D eigenvalue weighted by atomic mass is 16.7. The average molecular weight is 646 g/mol. The second-order valence-corrected chi connectivity index (χ2v) is 13.5. The molecule has 3 aliphatic rings. The number of carbonyl (C=O) groups is 1. The Balaban J connectivity index is 1.08. The number of ether oxygens (including phenoxy) is 2. The Kier molecular flexibility index (Phi) is 10.6. The molecular weight excluding hydrogens is 598 g/mol. The van der Waals surface area contributed by atoms with Gasteiger partial charge in [0.25, 0.3) is 5.91 Å². The number of nitrogens with one attached hydrogen (secondary N) is 1. The number of benzene rings is 4. The van der Waals surface area contributed by atoms with E-state index < -0.39 is 6.29 Å². The molecule has 4 atom stereocenters. The third kappa shape index (κ3) is 8.05. The van der Waals surface area contributed by atoms with E-state index in [2.05, 4.69) is 63.6 Å². The first kappa shape index (κ1) is 32.7. The maximum atomic E-state index is 12.6. The maximum absolute atomic E-state index is 12.6. The molecule has 0 aromatic heterocycles. The van der Waals surface area contributed by atoms with Crippen molar-refractivity contribution in [2.75, 3.05) is 32.7 Å². The van der Waals surface area contributed by atoms with E-state index in [1.807, 2.05) is 54.6 Å². The van der Waals surface area contributed by atoms with Gasteiger partial charge >= 0.3 is 0 Å². The van der Waals surface area contributed by atoms with Crippen LogP contribution >= 0.6 is 0 Å². The van der Waals surface area contributed by atoms with E-state index in [-0.39, 0.29) is 24.7 Å². The number of nitrogens with zero attached hydrogens (tertiary/aromatic N) is 2. The fraction of sp³-hybridized carbons (Fsp3) is 0.390. The van der Waals surface area contributed by atoms with Gasteiger partial charge in [0.05, 0.1) is 18.8 Å². The van der Waals surface area contributed by atoms with Crippen LogP contribution in [0.5, 0.6) is 0 Å². The lowest BCUT2D eigenvalue weighted by atomic mass is 9.98. The minimum atomic E-state index is -0.501. The molecule has 0 radical (unpaired) electrons. The van der Waals surface area contributed by atoms with Crippen LogP contribution < -0.4 is 5.32 Å². The molecule has 4 aromatic rings. The molecule has 0 bridgehead atoms. The first-order valence-corrected chi connectivity index (χ1v) is 17.6. The molecular formula is C41H47N3O4. The molecule has 7 heteroatoms. The first-order chi connectivity index (χ1) is 23.6. The molecule has 3 fully saturated rings. The van der Waals surface area contributed by atoms with Crippen molar-refractivity contribution in [2.24, 2.45) is 0 Å². The van der Waals surface area contributed by atoms with E-state index in [4.69, 9.17) is 9.47 Å². The Bertz CT molecular complexity index is 1640. The fourth-order valence-electron chi connectivity index (χ4n) is 7.50. The van der Waals surface area contributed by atoms with Gasteiger partial charge in [0.15, 0.2) is 6.29 Å². The number of rotatable bonds is 11. The highest BCUT2D eigenvalue weighted by Gasteiger charge is 2.36. The van der Waals surface area contributed by atoms with Crippen LogP contribution in [0.4, 0.5) is 0 Å². The highest BCUT2D eigenvalue weighted by Crippen LogP contribution is 2.39. The normalized spacial score (nSPS) is 23.4. The van der Waals surface area contributed by atoms with Crippen molar-refractivity contribution in [3.63, 3.8) is 0 Å². The van der Waals surface area contributed by atoms with E-state index in [0.717, 1.165) is 59.4 Å². The summed E-state index contributed by atoms with van der Waals surface area (Å²) in [5, 5.41) is 12.7. The van der Waals surface area contributed by atoms with Crippen LogP contribution in [0.2, 0.25) is 0 Å². The van der Waals surface area contributed by atoms with Crippen molar-refractivity contribution in [3.05, 3.63) is 131 Å². The third-order valence-corrected chi connectivity index (χ3v) is 10.1. The Hall–Kier alpha value is -3.85. The Morgan fingerprint density at radius 1 is 0.750 bits per heavy atom. The lowest BCUT2D eigenvalue weighted by Gasteiger charge is -2.39.